The lowest BCUT2D eigenvalue weighted by Crippen LogP contribution is -2.46. The fraction of sp³-hybridized carbons (Fsp3) is 0.364. The first-order valence-electron chi connectivity index (χ1n) is 9.63. The third-order valence-electron chi connectivity index (χ3n) is 4.75. The number of aliphatic carboxylic acids is 2. The summed E-state index contributed by atoms with van der Waals surface area (Å²) in [6.07, 6.45) is 2.46. The first kappa shape index (κ1) is 23.1. The lowest BCUT2D eigenvalue weighted by Gasteiger charge is -2.34. The second kappa shape index (κ2) is 12.4. The molecule has 156 valence electrons. The van der Waals surface area contributed by atoms with E-state index >= 15 is 0 Å². The summed E-state index contributed by atoms with van der Waals surface area (Å²) >= 11 is 3.50. The molecule has 0 radical (unpaired) electrons. The topological polar surface area (TPSA) is 81.1 Å². The van der Waals surface area contributed by atoms with Gasteiger partial charge in [-0.3, -0.25) is 4.90 Å². The summed E-state index contributed by atoms with van der Waals surface area (Å²) in [6, 6.07) is 19.5. The monoisotopic (exact) mass is 462 g/mol. The normalized spacial score (nSPS) is 14.7. The van der Waals surface area contributed by atoms with Crippen molar-refractivity contribution in [3.8, 4) is 0 Å². The van der Waals surface area contributed by atoms with Crippen LogP contribution < -0.4 is 0 Å². The second-order valence-electron chi connectivity index (χ2n) is 6.94. The molecule has 1 fully saturated rings. The molecule has 0 aliphatic carbocycles. The van der Waals surface area contributed by atoms with Gasteiger partial charge in [-0.15, -0.1) is 0 Å². The maximum atomic E-state index is 9.10. The van der Waals surface area contributed by atoms with Crippen LogP contribution in [0.4, 0.5) is 0 Å². The minimum Gasteiger partial charge on any atom is -0.473 e. The van der Waals surface area contributed by atoms with E-state index in [4.69, 9.17) is 19.8 Å². The Kier molecular flexibility index (Phi) is 9.83. The van der Waals surface area contributed by atoms with Crippen molar-refractivity contribution in [1.82, 2.24) is 9.80 Å². The van der Waals surface area contributed by atoms with Crippen molar-refractivity contribution in [2.24, 2.45) is 0 Å². The van der Waals surface area contributed by atoms with E-state index in [0.29, 0.717) is 0 Å². The third kappa shape index (κ3) is 9.21. The maximum Gasteiger partial charge on any atom is 0.414 e. The molecule has 3 rings (SSSR count). The number of benzene rings is 2. The van der Waals surface area contributed by atoms with Crippen molar-refractivity contribution in [3.05, 3.63) is 70.2 Å². The van der Waals surface area contributed by atoms with E-state index in [-0.39, 0.29) is 0 Å². The van der Waals surface area contributed by atoms with Crippen LogP contribution in [-0.4, -0.2) is 64.7 Å². The SMILES string of the molecule is Brc1ccc(CN2CCN(CCCc3ccccc3)CC2)cc1.O=C(O)C(=O)O. The van der Waals surface area contributed by atoms with Crippen LogP contribution in [0.1, 0.15) is 17.5 Å². The van der Waals surface area contributed by atoms with Gasteiger partial charge >= 0.3 is 11.9 Å². The Morgan fingerprint density at radius 2 is 1.34 bits per heavy atom. The van der Waals surface area contributed by atoms with Gasteiger partial charge in [0.15, 0.2) is 0 Å². The largest absolute Gasteiger partial charge is 0.473 e. The molecule has 1 aliphatic heterocycles. The number of carboxylic acids is 2. The molecule has 2 aromatic rings. The molecule has 0 saturated carbocycles. The van der Waals surface area contributed by atoms with Crippen LogP contribution in [0, 0.1) is 0 Å². The number of halogens is 1. The third-order valence-corrected chi connectivity index (χ3v) is 5.28. The summed E-state index contributed by atoms with van der Waals surface area (Å²) in [6.45, 7) is 7.06. The molecule has 0 unspecified atom stereocenters. The van der Waals surface area contributed by atoms with E-state index in [1.54, 1.807) is 0 Å². The van der Waals surface area contributed by atoms with Gasteiger partial charge < -0.3 is 15.1 Å². The van der Waals surface area contributed by atoms with Crippen molar-refractivity contribution in [3.63, 3.8) is 0 Å². The minimum absolute atomic E-state index is 1.07. The molecule has 2 N–H and O–H groups in total. The molecule has 0 aromatic heterocycles. The molecule has 6 nitrogen and oxygen atoms in total. The van der Waals surface area contributed by atoms with Gasteiger partial charge in [-0.25, -0.2) is 9.59 Å². The van der Waals surface area contributed by atoms with Gasteiger partial charge in [0.25, 0.3) is 0 Å². The molecule has 2 aromatic carbocycles. The zero-order valence-corrected chi connectivity index (χ0v) is 17.9. The quantitative estimate of drug-likeness (QED) is 0.640. The number of hydrogen-bond acceptors (Lipinski definition) is 4. The van der Waals surface area contributed by atoms with Crippen LogP contribution in [-0.2, 0) is 22.6 Å². The number of hydrogen-bond donors (Lipinski definition) is 2. The summed E-state index contributed by atoms with van der Waals surface area (Å²) in [5, 5.41) is 14.8. The summed E-state index contributed by atoms with van der Waals surface area (Å²) < 4.78 is 1.16. The van der Waals surface area contributed by atoms with E-state index in [2.05, 4.69) is 80.3 Å². The smallest absolute Gasteiger partial charge is 0.414 e. The van der Waals surface area contributed by atoms with Gasteiger partial charge in [0.1, 0.15) is 0 Å². The van der Waals surface area contributed by atoms with Gasteiger partial charge in [0.05, 0.1) is 0 Å². The lowest BCUT2D eigenvalue weighted by molar-refractivity contribution is -0.159. The van der Waals surface area contributed by atoms with E-state index in [1.165, 1.54) is 56.7 Å². The standard InChI is InChI=1S/C20H25BrN2.C2H2O4/c21-20-10-8-19(9-11-20)17-23-15-13-22(14-16-23)12-4-7-18-5-2-1-3-6-18;3-1(4)2(5)6/h1-3,5-6,8-11H,4,7,12-17H2;(H,3,4)(H,5,6). The molecule has 29 heavy (non-hydrogen) atoms. The molecule has 0 spiro atoms. The number of aryl methyl sites for hydroxylation is 1. The van der Waals surface area contributed by atoms with Crippen molar-refractivity contribution < 1.29 is 19.8 Å². The van der Waals surface area contributed by atoms with Crippen molar-refractivity contribution in [2.75, 3.05) is 32.7 Å². The number of carbonyl (C=O) groups is 2. The molecule has 7 heteroatoms. The zero-order chi connectivity index (χ0) is 21.1. The predicted octanol–water partition coefficient (Wildman–Crippen LogP) is 3.36. The van der Waals surface area contributed by atoms with E-state index in [9.17, 15) is 0 Å². The predicted molar refractivity (Wildman–Crippen MR) is 116 cm³/mol. The first-order chi connectivity index (χ1) is 13.9. The summed E-state index contributed by atoms with van der Waals surface area (Å²) in [4.78, 5) is 23.4. The second-order valence-corrected chi connectivity index (χ2v) is 7.86. The molecule has 1 aliphatic rings. The Labute approximate surface area is 179 Å². The maximum absolute atomic E-state index is 9.10. The average molecular weight is 463 g/mol. The van der Waals surface area contributed by atoms with Crippen LogP contribution in [0.15, 0.2) is 59.1 Å². The van der Waals surface area contributed by atoms with Gasteiger partial charge in [-0.2, -0.15) is 0 Å². The van der Waals surface area contributed by atoms with Crippen molar-refractivity contribution >= 4 is 27.9 Å². The highest BCUT2D eigenvalue weighted by Gasteiger charge is 2.16. The molecular formula is C22H27BrN2O4. The fourth-order valence-corrected chi connectivity index (χ4v) is 3.43. The number of rotatable bonds is 6. The Morgan fingerprint density at radius 1 is 0.793 bits per heavy atom. The van der Waals surface area contributed by atoms with Gasteiger partial charge in [0, 0.05) is 37.2 Å². The Bertz CT molecular complexity index is 748. The molecular weight excluding hydrogens is 436 g/mol. The molecule has 0 amide bonds. The molecule has 1 saturated heterocycles. The van der Waals surface area contributed by atoms with Gasteiger partial charge in [-0.1, -0.05) is 58.4 Å². The van der Waals surface area contributed by atoms with Crippen LogP contribution >= 0.6 is 15.9 Å². The number of carboxylic acid groups (broad SMARTS) is 2. The first-order valence-corrected chi connectivity index (χ1v) is 10.4. The average Bonchev–Trinajstić information content (AvgIpc) is 2.72. The highest BCUT2D eigenvalue weighted by Crippen LogP contribution is 2.14. The van der Waals surface area contributed by atoms with E-state index in [1.807, 2.05) is 0 Å². The fourth-order valence-electron chi connectivity index (χ4n) is 3.17. The Morgan fingerprint density at radius 3 is 1.90 bits per heavy atom. The Balaban J connectivity index is 0.000000438. The van der Waals surface area contributed by atoms with Gasteiger partial charge in [-0.05, 0) is 42.6 Å². The van der Waals surface area contributed by atoms with Crippen LogP contribution in [0.5, 0.6) is 0 Å². The minimum atomic E-state index is -1.82. The molecule has 1 heterocycles. The highest BCUT2D eigenvalue weighted by molar-refractivity contribution is 9.10. The molecule has 0 atom stereocenters. The van der Waals surface area contributed by atoms with Crippen LogP contribution in [0.25, 0.3) is 0 Å². The van der Waals surface area contributed by atoms with Crippen molar-refractivity contribution in [2.45, 2.75) is 19.4 Å². The zero-order valence-electron chi connectivity index (χ0n) is 16.3. The van der Waals surface area contributed by atoms with E-state index < -0.39 is 11.9 Å². The van der Waals surface area contributed by atoms with Gasteiger partial charge in [0.2, 0.25) is 0 Å². The highest BCUT2D eigenvalue weighted by atomic mass is 79.9. The summed E-state index contributed by atoms with van der Waals surface area (Å²) in [5.74, 6) is -3.65. The molecule has 0 bridgehead atoms. The summed E-state index contributed by atoms with van der Waals surface area (Å²) in [7, 11) is 0. The number of piperazine rings is 1. The Hall–Kier alpha value is -2.22. The number of nitrogens with zero attached hydrogens (tertiary/aromatic N) is 2. The van der Waals surface area contributed by atoms with Crippen LogP contribution in [0.3, 0.4) is 0 Å². The lowest BCUT2D eigenvalue weighted by atomic mass is 10.1. The van der Waals surface area contributed by atoms with Crippen LogP contribution in [0.2, 0.25) is 0 Å². The summed E-state index contributed by atoms with van der Waals surface area (Å²) in [5.41, 5.74) is 2.87. The van der Waals surface area contributed by atoms with E-state index in [0.717, 1.165) is 11.0 Å². The van der Waals surface area contributed by atoms with Crippen molar-refractivity contribution in [1.29, 1.82) is 0 Å².